The molecule has 1 heterocycles. The lowest BCUT2D eigenvalue weighted by molar-refractivity contribution is 0.103. The van der Waals surface area contributed by atoms with Crippen LogP contribution in [0.25, 0.3) is 0 Å². The molecule has 19 heavy (non-hydrogen) atoms. The zero-order chi connectivity index (χ0) is 14.0. The Labute approximate surface area is 140 Å². The molecule has 0 fully saturated rings. The molecule has 6 heteroatoms. The summed E-state index contributed by atoms with van der Waals surface area (Å²) >= 11 is 11.7. The van der Waals surface area contributed by atoms with E-state index in [1.165, 1.54) is 11.3 Å². The van der Waals surface area contributed by atoms with Crippen LogP contribution in [0, 0.1) is 0 Å². The van der Waals surface area contributed by atoms with Crippen molar-refractivity contribution < 1.29 is 9.53 Å². The fourth-order valence-electron chi connectivity index (χ4n) is 1.57. The van der Waals surface area contributed by atoms with Crippen LogP contribution >= 0.6 is 59.1 Å². The molecule has 0 amide bonds. The van der Waals surface area contributed by atoms with Gasteiger partial charge in [0.25, 0.3) is 0 Å². The van der Waals surface area contributed by atoms with Gasteiger partial charge in [-0.15, -0.1) is 11.3 Å². The molecule has 0 saturated heterocycles. The Morgan fingerprint density at radius 2 is 2.00 bits per heavy atom. The average molecular weight is 469 g/mol. The lowest BCUT2D eigenvalue weighted by Gasteiger charge is -2.07. The molecule has 1 aromatic carbocycles. The normalized spacial score (nSPS) is 10.5. The molecular formula is C13H9Br3O2S. The summed E-state index contributed by atoms with van der Waals surface area (Å²) < 4.78 is 7.97. The fourth-order valence-corrected chi connectivity index (χ4v) is 4.85. The van der Waals surface area contributed by atoms with Gasteiger partial charge in [-0.3, -0.25) is 4.79 Å². The highest BCUT2D eigenvalue weighted by molar-refractivity contribution is 9.12. The topological polar surface area (TPSA) is 26.3 Å². The monoisotopic (exact) mass is 466 g/mol. The smallest absolute Gasteiger partial charge is 0.195 e. The predicted molar refractivity (Wildman–Crippen MR) is 88.5 cm³/mol. The minimum atomic E-state index is -0.0161. The van der Waals surface area contributed by atoms with Crippen LogP contribution in [-0.2, 0) is 0 Å². The van der Waals surface area contributed by atoms with E-state index < -0.39 is 0 Å². The second-order valence-electron chi connectivity index (χ2n) is 3.65. The van der Waals surface area contributed by atoms with Crippen molar-refractivity contribution in [1.82, 2.24) is 0 Å². The number of ketones is 1. The minimum Gasteiger partial charge on any atom is -0.493 e. The van der Waals surface area contributed by atoms with Crippen molar-refractivity contribution in [3.63, 3.8) is 0 Å². The summed E-state index contributed by atoms with van der Waals surface area (Å²) in [5.74, 6) is 0.724. The predicted octanol–water partition coefficient (Wildman–Crippen LogP) is 5.67. The van der Waals surface area contributed by atoms with Gasteiger partial charge in [0.1, 0.15) is 5.75 Å². The molecule has 0 spiro atoms. The maximum absolute atomic E-state index is 12.4. The molecule has 100 valence electrons. The van der Waals surface area contributed by atoms with Gasteiger partial charge in [0.2, 0.25) is 0 Å². The standard InChI is InChI=1S/C13H9Br3O2S/c1-2-18-10-4-3-7(5-9(10)14)12(17)8-6-11(15)19-13(8)16/h3-6H,2H2,1H3. The molecule has 0 saturated carbocycles. The maximum atomic E-state index is 12.4. The fraction of sp³-hybridized carbons (Fsp3) is 0.154. The van der Waals surface area contributed by atoms with Gasteiger partial charge < -0.3 is 4.74 Å². The first-order valence-electron chi connectivity index (χ1n) is 5.44. The molecule has 0 radical (unpaired) electrons. The van der Waals surface area contributed by atoms with Crippen LogP contribution in [0.4, 0.5) is 0 Å². The molecule has 0 atom stereocenters. The zero-order valence-electron chi connectivity index (χ0n) is 9.88. The van der Waals surface area contributed by atoms with E-state index in [1.54, 1.807) is 18.2 Å². The number of rotatable bonds is 4. The lowest BCUT2D eigenvalue weighted by Crippen LogP contribution is -2.01. The van der Waals surface area contributed by atoms with Crippen LogP contribution in [0.15, 0.2) is 36.3 Å². The van der Waals surface area contributed by atoms with E-state index in [2.05, 4.69) is 47.8 Å². The largest absolute Gasteiger partial charge is 0.493 e. The Hall–Kier alpha value is -0.170. The van der Waals surface area contributed by atoms with Crippen LogP contribution in [0.3, 0.4) is 0 Å². The molecule has 0 bridgehead atoms. The molecule has 0 N–H and O–H groups in total. The van der Waals surface area contributed by atoms with Gasteiger partial charge >= 0.3 is 0 Å². The quantitative estimate of drug-likeness (QED) is 0.541. The molecule has 1 aromatic heterocycles. The molecule has 0 aliphatic heterocycles. The first kappa shape index (κ1) is 15.2. The van der Waals surface area contributed by atoms with Crippen molar-refractivity contribution in [2.45, 2.75) is 6.92 Å². The summed E-state index contributed by atoms with van der Waals surface area (Å²) in [5, 5.41) is 0. The minimum absolute atomic E-state index is 0.0161. The van der Waals surface area contributed by atoms with Gasteiger partial charge in [0.05, 0.1) is 18.7 Å². The van der Waals surface area contributed by atoms with Crippen LogP contribution < -0.4 is 4.74 Å². The molecule has 2 nitrogen and oxygen atoms in total. The zero-order valence-corrected chi connectivity index (χ0v) is 15.4. The first-order chi connectivity index (χ1) is 9.02. The lowest BCUT2D eigenvalue weighted by atomic mass is 10.1. The first-order valence-corrected chi connectivity index (χ1v) is 8.64. The van der Waals surface area contributed by atoms with Crippen LogP contribution in [-0.4, -0.2) is 12.4 Å². The number of carbonyl (C=O) groups is 1. The summed E-state index contributed by atoms with van der Waals surface area (Å²) in [6, 6.07) is 7.18. The number of thiophene rings is 1. The molecule has 0 aliphatic carbocycles. The van der Waals surface area contributed by atoms with Gasteiger partial charge in [-0.2, -0.15) is 0 Å². The Morgan fingerprint density at radius 1 is 1.26 bits per heavy atom. The summed E-state index contributed by atoms with van der Waals surface area (Å²) in [5.41, 5.74) is 1.29. The number of ether oxygens (including phenoxy) is 1. The van der Waals surface area contributed by atoms with E-state index in [4.69, 9.17) is 4.74 Å². The third kappa shape index (κ3) is 3.48. The SMILES string of the molecule is CCOc1ccc(C(=O)c2cc(Br)sc2Br)cc1Br. The van der Waals surface area contributed by atoms with Gasteiger partial charge in [0.15, 0.2) is 5.78 Å². The van der Waals surface area contributed by atoms with Crippen LogP contribution in [0.5, 0.6) is 5.75 Å². The van der Waals surface area contributed by atoms with Gasteiger partial charge in [-0.25, -0.2) is 0 Å². The molecule has 0 unspecified atom stereocenters. The van der Waals surface area contributed by atoms with E-state index in [1.807, 2.05) is 13.0 Å². The van der Waals surface area contributed by atoms with Crippen LogP contribution in [0.1, 0.15) is 22.8 Å². The van der Waals surface area contributed by atoms with E-state index in [0.29, 0.717) is 17.7 Å². The van der Waals surface area contributed by atoms with Crippen molar-refractivity contribution in [3.05, 3.63) is 47.4 Å². The van der Waals surface area contributed by atoms with Gasteiger partial charge in [0, 0.05) is 11.1 Å². The Balaban J connectivity index is 2.34. The highest BCUT2D eigenvalue weighted by Crippen LogP contribution is 2.34. The van der Waals surface area contributed by atoms with E-state index in [-0.39, 0.29) is 5.78 Å². The summed E-state index contributed by atoms with van der Waals surface area (Å²) in [6.45, 7) is 2.51. The second kappa shape index (κ2) is 6.52. The Morgan fingerprint density at radius 3 is 2.53 bits per heavy atom. The van der Waals surface area contributed by atoms with Crippen molar-refractivity contribution in [2.24, 2.45) is 0 Å². The maximum Gasteiger partial charge on any atom is 0.195 e. The third-order valence-electron chi connectivity index (χ3n) is 2.40. The van der Waals surface area contributed by atoms with E-state index >= 15 is 0 Å². The number of carbonyl (C=O) groups excluding carboxylic acids is 1. The summed E-state index contributed by atoms with van der Waals surface area (Å²) in [7, 11) is 0. The van der Waals surface area contributed by atoms with E-state index in [0.717, 1.165) is 17.8 Å². The van der Waals surface area contributed by atoms with Gasteiger partial charge in [-0.05, 0) is 79.0 Å². The number of halogens is 3. The van der Waals surface area contributed by atoms with Crippen LogP contribution in [0.2, 0.25) is 0 Å². The molecule has 2 rings (SSSR count). The van der Waals surface area contributed by atoms with Crippen molar-refractivity contribution in [2.75, 3.05) is 6.61 Å². The highest BCUT2D eigenvalue weighted by atomic mass is 79.9. The number of hydrogen-bond acceptors (Lipinski definition) is 3. The third-order valence-corrected chi connectivity index (χ3v) is 5.35. The number of hydrogen-bond donors (Lipinski definition) is 0. The van der Waals surface area contributed by atoms with Gasteiger partial charge in [-0.1, -0.05) is 0 Å². The summed E-state index contributed by atoms with van der Waals surface area (Å²) in [6.07, 6.45) is 0. The molecular weight excluding hydrogens is 460 g/mol. The number of benzene rings is 1. The highest BCUT2D eigenvalue weighted by Gasteiger charge is 2.16. The molecule has 0 aliphatic rings. The molecule has 2 aromatic rings. The van der Waals surface area contributed by atoms with Crippen molar-refractivity contribution in [1.29, 1.82) is 0 Å². The van der Waals surface area contributed by atoms with Crippen molar-refractivity contribution >= 4 is 64.9 Å². The summed E-state index contributed by atoms with van der Waals surface area (Å²) in [4.78, 5) is 12.4. The van der Waals surface area contributed by atoms with Crippen molar-refractivity contribution in [3.8, 4) is 5.75 Å². The van der Waals surface area contributed by atoms with E-state index in [9.17, 15) is 4.79 Å². The Bertz CT molecular complexity index is 622. The average Bonchev–Trinajstić information content (AvgIpc) is 2.70. The second-order valence-corrected chi connectivity index (χ2v) is 8.25. The Kier molecular flexibility index (Phi) is 5.22.